The minimum Gasteiger partial charge on any atom is -0.468 e. The highest BCUT2D eigenvalue weighted by atomic mass is 79.9. The molecule has 0 spiro atoms. The van der Waals surface area contributed by atoms with Gasteiger partial charge in [0.05, 0.1) is 24.8 Å². The van der Waals surface area contributed by atoms with E-state index in [1.54, 1.807) is 72.8 Å². The molecule has 0 aliphatic rings. The number of esters is 2. The molecule has 0 unspecified atom stereocenters. The van der Waals surface area contributed by atoms with Gasteiger partial charge in [0.2, 0.25) is 0 Å². The lowest BCUT2D eigenvalue weighted by Crippen LogP contribution is -2.32. The van der Waals surface area contributed by atoms with Crippen LogP contribution in [0.3, 0.4) is 0 Å². The zero-order chi connectivity index (χ0) is 26.3. The van der Waals surface area contributed by atoms with Gasteiger partial charge in [0.15, 0.2) is 5.92 Å². The Kier molecular flexibility index (Phi) is 9.06. The molecule has 0 aromatic heterocycles. The number of allylic oxidation sites excluding steroid dienone is 1. The lowest BCUT2D eigenvalue weighted by molar-refractivity contribution is -0.159. The Hall–Kier alpha value is -3.43. The summed E-state index contributed by atoms with van der Waals surface area (Å²) in [6, 6.07) is 22.2. The third-order valence-electron chi connectivity index (χ3n) is 5.53. The molecule has 3 rings (SSSR count). The lowest BCUT2D eigenvalue weighted by atomic mass is 9.84. The predicted octanol–water partition coefficient (Wildman–Crippen LogP) is 4.82. The fraction of sp³-hybridized carbons (Fsp3) is 0.185. The van der Waals surface area contributed by atoms with Crippen molar-refractivity contribution in [2.45, 2.75) is 17.7 Å². The Morgan fingerprint density at radius 1 is 0.861 bits per heavy atom. The summed E-state index contributed by atoms with van der Waals surface area (Å²) in [6.07, 6.45) is 1.54. The number of ether oxygens (including phenoxy) is 2. The summed E-state index contributed by atoms with van der Waals surface area (Å²) in [5.41, 5.74) is 2.25. The zero-order valence-corrected chi connectivity index (χ0v) is 22.4. The van der Waals surface area contributed by atoms with Crippen molar-refractivity contribution >= 4 is 43.6 Å². The van der Waals surface area contributed by atoms with Crippen LogP contribution in [0.1, 0.15) is 22.6 Å². The fourth-order valence-electron chi connectivity index (χ4n) is 3.62. The van der Waals surface area contributed by atoms with E-state index in [0.717, 1.165) is 10.0 Å². The number of sulfonamides is 1. The maximum absolute atomic E-state index is 13.3. The third kappa shape index (κ3) is 6.61. The van der Waals surface area contributed by atoms with Crippen LogP contribution in [-0.4, -0.2) is 34.6 Å². The van der Waals surface area contributed by atoms with Gasteiger partial charge >= 0.3 is 11.9 Å². The van der Waals surface area contributed by atoms with Gasteiger partial charge in [0.25, 0.3) is 10.0 Å². The van der Waals surface area contributed by atoms with Crippen molar-refractivity contribution in [1.82, 2.24) is 4.72 Å². The molecule has 0 saturated carbocycles. The molecule has 9 heteroatoms. The van der Waals surface area contributed by atoms with Crippen LogP contribution >= 0.6 is 15.9 Å². The first-order valence-electron chi connectivity index (χ1n) is 10.9. The van der Waals surface area contributed by atoms with Crippen molar-refractivity contribution in [2.75, 3.05) is 14.2 Å². The molecule has 1 atom stereocenters. The molecule has 188 valence electrons. The number of nitrogens with one attached hydrogen (secondary N) is 1. The molecule has 0 amide bonds. The summed E-state index contributed by atoms with van der Waals surface area (Å²) in [6.45, 7) is 1.86. The van der Waals surface area contributed by atoms with E-state index in [2.05, 4.69) is 20.7 Å². The van der Waals surface area contributed by atoms with Gasteiger partial charge in [-0.05, 0) is 42.3 Å². The average Bonchev–Trinajstić information content (AvgIpc) is 2.88. The van der Waals surface area contributed by atoms with Crippen LogP contribution in [-0.2, 0) is 29.1 Å². The molecule has 0 aliphatic heterocycles. The summed E-state index contributed by atoms with van der Waals surface area (Å²) < 4.78 is 39.9. The van der Waals surface area contributed by atoms with E-state index in [-0.39, 0.29) is 10.6 Å². The molecule has 3 aromatic carbocycles. The maximum atomic E-state index is 13.3. The van der Waals surface area contributed by atoms with E-state index in [0.29, 0.717) is 11.1 Å². The van der Waals surface area contributed by atoms with E-state index < -0.39 is 33.8 Å². The monoisotopic (exact) mass is 571 g/mol. The molecule has 0 saturated heterocycles. The quantitative estimate of drug-likeness (QED) is 0.292. The summed E-state index contributed by atoms with van der Waals surface area (Å²) in [5, 5.41) is 0. The molecule has 0 fully saturated rings. The second-order valence-corrected chi connectivity index (χ2v) is 10.6. The number of halogens is 1. The van der Waals surface area contributed by atoms with Gasteiger partial charge in [-0.25, -0.2) is 8.42 Å². The largest absolute Gasteiger partial charge is 0.468 e. The van der Waals surface area contributed by atoms with Crippen molar-refractivity contribution in [2.24, 2.45) is 5.92 Å². The highest BCUT2D eigenvalue weighted by Crippen LogP contribution is 2.32. The van der Waals surface area contributed by atoms with Crippen molar-refractivity contribution < 1.29 is 27.5 Å². The van der Waals surface area contributed by atoms with Crippen LogP contribution in [0, 0.1) is 12.8 Å². The van der Waals surface area contributed by atoms with Gasteiger partial charge in [-0.15, -0.1) is 0 Å². The first kappa shape index (κ1) is 27.2. The van der Waals surface area contributed by atoms with Crippen molar-refractivity contribution in [3.63, 3.8) is 0 Å². The molecule has 0 bridgehead atoms. The molecule has 1 N–H and O–H groups in total. The maximum Gasteiger partial charge on any atom is 0.321 e. The van der Waals surface area contributed by atoms with Crippen LogP contribution in [0.25, 0.3) is 5.70 Å². The Morgan fingerprint density at radius 2 is 1.42 bits per heavy atom. The Morgan fingerprint density at radius 3 is 1.94 bits per heavy atom. The van der Waals surface area contributed by atoms with E-state index >= 15 is 0 Å². The molecule has 36 heavy (non-hydrogen) atoms. The standard InChI is InChI=1S/C27H26BrNO6S/c1-18-9-15-22(16-10-18)36(32,33)29-24(20-7-5-4-6-8-20)17-23(19-11-13-21(28)14-12-19)25(26(30)34-2)27(31)35-3/h4-17,23,25,29H,1-3H3/b24-17+/t23-/m0/s1. The van der Waals surface area contributed by atoms with Crippen LogP contribution in [0.2, 0.25) is 0 Å². The number of carbonyl (C=O) groups excluding carboxylic acids is 2. The van der Waals surface area contributed by atoms with Crippen LogP contribution in [0.5, 0.6) is 0 Å². The third-order valence-corrected chi connectivity index (χ3v) is 7.44. The minimum absolute atomic E-state index is 0.0765. The molecular formula is C27H26BrNO6S. The number of aryl methyl sites for hydroxylation is 1. The smallest absolute Gasteiger partial charge is 0.321 e. The molecule has 0 heterocycles. The van der Waals surface area contributed by atoms with E-state index in [4.69, 9.17) is 9.47 Å². The van der Waals surface area contributed by atoms with Crippen LogP contribution in [0.15, 0.2) is 94.3 Å². The van der Waals surface area contributed by atoms with E-state index in [1.807, 2.05) is 6.92 Å². The number of hydrogen-bond acceptors (Lipinski definition) is 6. The van der Waals surface area contributed by atoms with E-state index in [1.165, 1.54) is 26.4 Å². The highest BCUT2D eigenvalue weighted by molar-refractivity contribution is 9.10. The fourth-order valence-corrected chi connectivity index (χ4v) is 4.97. The topological polar surface area (TPSA) is 98.8 Å². The Labute approximate surface area is 219 Å². The summed E-state index contributed by atoms with van der Waals surface area (Å²) >= 11 is 3.38. The van der Waals surface area contributed by atoms with Gasteiger partial charge < -0.3 is 9.47 Å². The Bertz CT molecular complexity index is 1320. The number of methoxy groups -OCH3 is 2. The minimum atomic E-state index is -3.99. The number of hydrogen-bond donors (Lipinski definition) is 1. The van der Waals surface area contributed by atoms with Crippen molar-refractivity contribution in [1.29, 1.82) is 0 Å². The van der Waals surface area contributed by atoms with Crippen LogP contribution < -0.4 is 4.72 Å². The highest BCUT2D eigenvalue weighted by Gasteiger charge is 2.37. The van der Waals surface area contributed by atoms with Gasteiger partial charge in [0, 0.05) is 10.4 Å². The predicted molar refractivity (Wildman–Crippen MR) is 140 cm³/mol. The molecular weight excluding hydrogens is 546 g/mol. The molecule has 0 radical (unpaired) electrons. The SMILES string of the molecule is COC(=O)C(C(=O)OC)[C@@H](/C=C(/NS(=O)(=O)c1ccc(C)cc1)c1ccccc1)c1ccc(Br)cc1. The molecule has 0 aliphatic carbocycles. The first-order valence-corrected chi connectivity index (χ1v) is 13.2. The van der Waals surface area contributed by atoms with Crippen LogP contribution in [0.4, 0.5) is 0 Å². The van der Waals surface area contributed by atoms with Gasteiger partial charge in [0.1, 0.15) is 0 Å². The summed E-state index contributed by atoms with van der Waals surface area (Å²) in [5.74, 6) is -3.89. The number of benzene rings is 3. The lowest BCUT2D eigenvalue weighted by Gasteiger charge is -2.23. The number of rotatable bonds is 9. The summed E-state index contributed by atoms with van der Waals surface area (Å²) in [7, 11) is -1.64. The van der Waals surface area contributed by atoms with E-state index in [9.17, 15) is 18.0 Å². The van der Waals surface area contributed by atoms with Gasteiger partial charge in [-0.3, -0.25) is 14.3 Å². The van der Waals surface area contributed by atoms with Crippen molar-refractivity contribution in [3.8, 4) is 0 Å². The van der Waals surface area contributed by atoms with Gasteiger partial charge in [-0.2, -0.15) is 0 Å². The summed E-state index contributed by atoms with van der Waals surface area (Å²) in [4.78, 5) is 25.6. The first-order chi connectivity index (χ1) is 17.2. The molecule has 3 aromatic rings. The normalized spacial score (nSPS) is 12.6. The average molecular weight is 572 g/mol. The van der Waals surface area contributed by atoms with Gasteiger partial charge in [-0.1, -0.05) is 82.2 Å². The second-order valence-electron chi connectivity index (χ2n) is 7.97. The second kappa shape index (κ2) is 12.0. The molecule has 7 nitrogen and oxygen atoms in total. The van der Waals surface area contributed by atoms with Crippen molar-refractivity contribution in [3.05, 3.63) is 106 Å². The number of carbonyl (C=O) groups is 2. The zero-order valence-electron chi connectivity index (χ0n) is 20.0. The Balaban J connectivity index is 2.21.